The van der Waals surface area contributed by atoms with E-state index in [4.69, 9.17) is 10.2 Å². The molecule has 0 radical (unpaired) electrons. The quantitative estimate of drug-likeness (QED) is 0.637. The third-order valence-electron chi connectivity index (χ3n) is 4.29. The molecule has 0 saturated carbocycles. The molecule has 0 aliphatic heterocycles. The van der Waals surface area contributed by atoms with Crippen molar-refractivity contribution in [2.75, 3.05) is 31.8 Å². The fraction of sp³-hybridized carbons (Fsp3) is 0.316. The van der Waals surface area contributed by atoms with E-state index in [1.165, 1.54) is 0 Å². The number of hydrogen-bond donors (Lipinski definition) is 1. The minimum atomic E-state index is -0.0461. The summed E-state index contributed by atoms with van der Waals surface area (Å²) in [5.41, 5.74) is 6.88. The van der Waals surface area contributed by atoms with Gasteiger partial charge < -0.3 is 15.1 Å². The van der Waals surface area contributed by atoms with Crippen LogP contribution in [0.5, 0.6) is 0 Å². The molecular weight excluding hydrogens is 408 g/mol. The number of benzene rings is 1. The average Bonchev–Trinajstić information content (AvgIpc) is 3.09. The van der Waals surface area contributed by atoms with Gasteiger partial charge in [0.1, 0.15) is 11.5 Å². The number of hydrogen-bond acceptors (Lipinski definition) is 7. The number of nitrogen functional groups attached to an aromatic ring is 1. The second-order valence-electron chi connectivity index (χ2n) is 6.61. The molecule has 0 saturated heterocycles. The van der Waals surface area contributed by atoms with Crippen molar-refractivity contribution < 1.29 is 4.42 Å². The van der Waals surface area contributed by atoms with Gasteiger partial charge in [-0.15, -0.1) is 0 Å². The average molecular weight is 431 g/mol. The van der Waals surface area contributed by atoms with E-state index in [2.05, 4.69) is 35.8 Å². The molecule has 0 aliphatic carbocycles. The van der Waals surface area contributed by atoms with E-state index in [1.54, 1.807) is 0 Å². The molecule has 0 spiro atoms. The fourth-order valence-corrected chi connectivity index (χ4v) is 2.86. The molecule has 0 aliphatic rings. The summed E-state index contributed by atoms with van der Waals surface area (Å²) in [4.78, 5) is 16.9. The normalized spacial score (nSPS) is 12.4. The summed E-state index contributed by atoms with van der Waals surface area (Å²) in [7, 11) is 5.75. The van der Waals surface area contributed by atoms with Gasteiger partial charge in [0.25, 0.3) is 0 Å². The Morgan fingerprint density at radius 1 is 1.04 bits per heavy atom. The number of nitrogens with zero attached hydrogens (tertiary/aromatic N) is 5. The van der Waals surface area contributed by atoms with E-state index in [-0.39, 0.29) is 12.0 Å². The molecule has 3 rings (SSSR count). The first-order valence-corrected chi connectivity index (χ1v) is 9.36. The summed E-state index contributed by atoms with van der Waals surface area (Å²) in [5.74, 6) is 3.12. The van der Waals surface area contributed by atoms with Gasteiger partial charge in [0.2, 0.25) is 11.9 Å². The van der Waals surface area contributed by atoms with E-state index in [0.717, 1.165) is 21.6 Å². The van der Waals surface area contributed by atoms with Crippen molar-refractivity contribution in [1.82, 2.24) is 19.9 Å². The molecule has 0 fully saturated rings. The first-order valence-electron chi connectivity index (χ1n) is 8.57. The molecule has 8 heteroatoms. The zero-order chi connectivity index (χ0) is 19.6. The molecule has 1 aromatic carbocycles. The summed E-state index contributed by atoms with van der Waals surface area (Å²) in [6.07, 6.45) is 0. The Kier molecular flexibility index (Phi) is 5.76. The lowest BCUT2D eigenvalue weighted by molar-refractivity contribution is 0.225. The van der Waals surface area contributed by atoms with Crippen molar-refractivity contribution >= 4 is 27.8 Å². The Hall–Kier alpha value is -2.45. The highest BCUT2D eigenvalue weighted by molar-refractivity contribution is 9.10. The van der Waals surface area contributed by atoms with Crippen molar-refractivity contribution in [1.29, 1.82) is 0 Å². The number of aromatic nitrogens is 3. The number of nitrogens with two attached hydrogens (primary N) is 1. The van der Waals surface area contributed by atoms with Crippen LogP contribution < -0.4 is 10.6 Å². The topological polar surface area (TPSA) is 84.3 Å². The van der Waals surface area contributed by atoms with Gasteiger partial charge in [-0.3, -0.25) is 4.90 Å². The van der Waals surface area contributed by atoms with Crippen LogP contribution in [-0.2, 0) is 6.54 Å². The minimum absolute atomic E-state index is 0.0461. The summed E-state index contributed by atoms with van der Waals surface area (Å²) in [5, 5.41) is 0. The maximum Gasteiger partial charge on any atom is 0.229 e. The smallest absolute Gasteiger partial charge is 0.229 e. The molecule has 0 amide bonds. The van der Waals surface area contributed by atoms with Crippen LogP contribution >= 0.6 is 15.9 Å². The van der Waals surface area contributed by atoms with Crippen LogP contribution in [0.3, 0.4) is 0 Å². The summed E-state index contributed by atoms with van der Waals surface area (Å²) < 4.78 is 7.05. The Balaban J connectivity index is 1.73. The van der Waals surface area contributed by atoms with Crippen molar-refractivity contribution in [3.8, 4) is 11.3 Å². The van der Waals surface area contributed by atoms with E-state index < -0.39 is 0 Å². The molecule has 1 unspecified atom stereocenters. The second-order valence-corrected chi connectivity index (χ2v) is 7.53. The van der Waals surface area contributed by atoms with Crippen molar-refractivity contribution in [2.24, 2.45) is 0 Å². The van der Waals surface area contributed by atoms with Gasteiger partial charge in [-0.05, 0) is 38.2 Å². The lowest BCUT2D eigenvalue weighted by atomic mass is 10.2. The van der Waals surface area contributed by atoms with Crippen LogP contribution in [0.25, 0.3) is 11.3 Å². The Morgan fingerprint density at radius 2 is 1.74 bits per heavy atom. The maximum atomic E-state index is 6.01. The second kappa shape index (κ2) is 8.06. The van der Waals surface area contributed by atoms with Crippen LogP contribution in [0.2, 0.25) is 0 Å². The zero-order valence-electron chi connectivity index (χ0n) is 15.8. The molecule has 2 heterocycles. The SMILES string of the molecule is CC(c1nc(N)nc(N(C)C)n1)N(C)Cc1ccc(-c2ccc(Br)cc2)o1. The predicted molar refractivity (Wildman–Crippen MR) is 110 cm³/mol. The molecule has 3 aromatic rings. The van der Waals surface area contributed by atoms with Crippen molar-refractivity contribution in [2.45, 2.75) is 19.5 Å². The number of furan rings is 1. The summed E-state index contributed by atoms with van der Waals surface area (Å²) in [6.45, 7) is 2.66. The Labute approximate surface area is 167 Å². The van der Waals surface area contributed by atoms with Gasteiger partial charge in [-0.2, -0.15) is 15.0 Å². The highest BCUT2D eigenvalue weighted by Crippen LogP contribution is 2.26. The molecule has 7 nitrogen and oxygen atoms in total. The Morgan fingerprint density at radius 3 is 2.41 bits per heavy atom. The van der Waals surface area contributed by atoms with E-state index >= 15 is 0 Å². The molecule has 1 atom stereocenters. The maximum absolute atomic E-state index is 6.01. The van der Waals surface area contributed by atoms with Gasteiger partial charge in [-0.25, -0.2) is 0 Å². The summed E-state index contributed by atoms with van der Waals surface area (Å²) >= 11 is 3.45. The largest absolute Gasteiger partial charge is 0.460 e. The number of rotatable bonds is 6. The molecule has 2 aromatic heterocycles. The van der Waals surface area contributed by atoms with E-state index in [1.807, 2.05) is 69.4 Å². The number of anilines is 2. The van der Waals surface area contributed by atoms with E-state index in [0.29, 0.717) is 18.3 Å². The van der Waals surface area contributed by atoms with Crippen LogP contribution in [0.4, 0.5) is 11.9 Å². The molecular formula is C19H23BrN6O. The van der Waals surface area contributed by atoms with Crippen LogP contribution in [0.1, 0.15) is 24.6 Å². The van der Waals surface area contributed by atoms with Crippen molar-refractivity contribution in [3.63, 3.8) is 0 Å². The van der Waals surface area contributed by atoms with Gasteiger partial charge in [0.05, 0.1) is 12.6 Å². The minimum Gasteiger partial charge on any atom is -0.460 e. The van der Waals surface area contributed by atoms with Crippen LogP contribution in [0, 0.1) is 0 Å². The molecule has 27 heavy (non-hydrogen) atoms. The van der Waals surface area contributed by atoms with Crippen LogP contribution in [-0.4, -0.2) is 41.0 Å². The Bertz CT molecular complexity index is 909. The van der Waals surface area contributed by atoms with Crippen LogP contribution in [0.15, 0.2) is 45.3 Å². The van der Waals surface area contributed by atoms with Gasteiger partial charge in [0, 0.05) is 24.1 Å². The molecule has 0 bridgehead atoms. The molecule has 2 N–H and O–H groups in total. The first kappa shape index (κ1) is 19.3. The zero-order valence-corrected chi connectivity index (χ0v) is 17.4. The van der Waals surface area contributed by atoms with Crippen molar-refractivity contribution in [3.05, 3.63) is 52.5 Å². The summed E-state index contributed by atoms with van der Waals surface area (Å²) in [6, 6.07) is 12.0. The number of halogens is 1. The third-order valence-corrected chi connectivity index (χ3v) is 4.82. The van der Waals surface area contributed by atoms with Gasteiger partial charge >= 0.3 is 0 Å². The highest BCUT2D eigenvalue weighted by Gasteiger charge is 2.19. The first-order chi connectivity index (χ1) is 12.8. The molecule has 142 valence electrons. The lowest BCUT2D eigenvalue weighted by Crippen LogP contribution is -2.25. The third kappa shape index (κ3) is 4.64. The van der Waals surface area contributed by atoms with Gasteiger partial charge in [0.15, 0.2) is 5.82 Å². The standard InChI is InChI=1S/C19H23BrN6O/c1-12(17-22-18(21)24-19(23-17)25(2)3)26(4)11-15-9-10-16(27-15)13-5-7-14(20)8-6-13/h5-10,12H,11H2,1-4H3,(H2,21,22,23,24). The highest BCUT2D eigenvalue weighted by atomic mass is 79.9. The fourth-order valence-electron chi connectivity index (χ4n) is 2.60. The lowest BCUT2D eigenvalue weighted by Gasteiger charge is -2.23. The van der Waals surface area contributed by atoms with Gasteiger partial charge in [-0.1, -0.05) is 28.1 Å². The monoisotopic (exact) mass is 430 g/mol. The predicted octanol–water partition coefficient (Wildman–Crippen LogP) is 3.74. The van der Waals surface area contributed by atoms with E-state index in [9.17, 15) is 0 Å².